The second kappa shape index (κ2) is 14.2. The molecule has 2 heterocycles. The molecule has 4 aromatic carbocycles. The minimum Gasteiger partial charge on any atom is -0.413 e. The zero-order valence-electron chi connectivity index (χ0n) is 29.3. The van der Waals surface area contributed by atoms with E-state index in [4.69, 9.17) is 4.43 Å². The average molecular weight is 677 g/mol. The van der Waals surface area contributed by atoms with Crippen LogP contribution >= 0.6 is 0 Å². The number of benzene rings is 4. The molecular formula is C40H48N4O4Si. The van der Waals surface area contributed by atoms with E-state index in [1.165, 1.54) is 0 Å². The maximum atomic E-state index is 14.2. The molecule has 8 nitrogen and oxygen atoms in total. The predicted molar refractivity (Wildman–Crippen MR) is 196 cm³/mol. The molecule has 9 heteroatoms. The molecule has 4 amide bonds. The number of rotatable bonds is 9. The Morgan fingerprint density at radius 2 is 1.53 bits per heavy atom. The van der Waals surface area contributed by atoms with Gasteiger partial charge in [-0.25, -0.2) is 4.79 Å². The van der Waals surface area contributed by atoms with Crippen LogP contribution in [0.2, 0.25) is 18.1 Å². The van der Waals surface area contributed by atoms with Gasteiger partial charge >= 0.3 is 6.03 Å². The monoisotopic (exact) mass is 676 g/mol. The lowest BCUT2D eigenvalue weighted by molar-refractivity contribution is -0.167. The van der Waals surface area contributed by atoms with Gasteiger partial charge in [0.1, 0.15) is 12.2 Å². The Labute approximate surface area is 291 Å². The van der Waals surface area contributed by atoms with Crippen LogP contribution in [0.25, 0.3) is 10.8 Å². The van der Waals surface area contributed by atoms with Crippen molar-refractivity contribution in [1.82, 2.24) is 20.0 Å². The molecule has 6 rings (SSSR count). The second-order valence-electron chi connectivity index (χ2n) is 14.8. The fraction of sp³-hybridized carbons (Fsp3) is 0.375. The number of urea groups is 1. The highest BCUT2D eigenvalue weighted by atomic mass is 28.4. The summed E-state index contributed by atoms with van der Waals surface area (Å²) in [6.45, 7) is 13.1. The van der Waals surface area contributed by atoms with Crippen LogP contribution in [-0.4, -0.2) is 66.2 Å². The van der Waals surface area contributed by atoms with E-state index in [-0.39, 0.29) is 35.8 Å². The summed E-state index contributed by atoms with van der Waals surface area (Å²) in [7, 11) is -1.86. The molecule has 2 atom stereocenters. The highest BCUT2D eigenvalue weighted by Crippen LogP contribution is 2.37. The average Bonchev–Trinajstić information content (AvgIpc) is 3.09. The minimum atomic E-state index is -1.86. The quantitative estimate of drug-likeness (QED) is 0.192. The van der Waals surface area contributed by atoms with Crippen molar-refractivity contribution in [1.29, 1.82) is 0 Å². The number of hydrogen-bond donors (Lipinski definition) is 1. The number of carbonyl (C=O) groups is 3. The molecule has 0 saturated carbocycles. The highest BCUT2D eigenvalue weighted by molar-refractivity contribution is 6.74. The van der Waals surface area contributed by atoms with Gasteiger partial charge in [-0.15, -0.1) is 0 Å². The van der Waals surface area contributed by atoms with Crippen LogP contribution in [0.1, 0.15) is 49.4 Å². The molecule has 2 aliphatic rings. The van der Waals surface area contributed by atoms with Gasteiger partial charge in [-0.05, 0) is 51.2 Å². The van der Waals surface area contributed by atoms with Gasteiger partial charge in [0.25, 0.3) is 0 Å². The Balaban J connectivity index is 1.19. The largest absolute Gasteiger partial charge is 0.413 e. The Morgan fingerprint density at radius 3 is 2.27 bits per heavy atom. The summed E-state index contributed by atoms with van der Waals surface area (Å²) in [5.41, 5.74) is 4.09. The lowest BCUT2D eigenvalue weighted by Gasteiger charge is -2.52. The lowest BCUT2D eigenvalue weighted by atomic mass is 9.96. The molecule has 2 fully saturated rings. The number of piperazine rings is 1. The van der Waals surface area contributed by atoms with Gasteiger partial charge in [0.2, 0.25) is 11.8 Å². The first-order valence-electron chi connectivity index (χ1n) is 17.3. The fourth-order valence-electron chi connectivity index (χ4n) is 6.55. The second-order valence-corrected chi connectivity index (χ2v) is 19.6. The molecule has 256 valence electrons. The van der Waals surface area contributed by atoms with Gasteiger partial charge in [-0.2, -0.15) is 0 Å². The van der Waals surface area contributed by atoms with E-state index in [1.54, 1.807) is 9.80 Å². The summed E-state index contributed by atoms with van der Waals surface area (Å²) in [5.74, 6) is -0.190. The molecule has 4 aromatic rings. The zero-order valence-corrected chi connectivity index (χ0v) is 30.3. The van der Waals surface area contributed by atoms with E-state index in [2.05, 4.69) is 75.6 Å². The molecule has 0 spiro atoms. The van der Waals surface area contributed by atoms with E-state index in [1.807, 2.05) is 65.6 Å². The molecule has 0 aliphatic carbocycles. The molecule has 49 heavy (non-hydrogen) atoms. The van der Waals surface area contributed by atoms with Crippen molar-refractivity contribution in [2.24, 2.45) is 0 Å². The molecule has 0 radical (unpaired) electrons. The van der Waals surface area contributed by atoms with Crippen molar-refractivity contribution >= 4 is 36.9 Å². The van der Waals surface area contributed by atoms with Gasteiger partial charge in [-0.3, -0.25) is 9.59 Å². The maximum absolute atomic E-state index is 14.2. The third-order valence-electron chi connectivity index (χ3n) is 10.5. The Morgan fingerprint density at radius 1 is 0.857 bits per heavy atom. The maximum Gasteiger partial charge on any atom is 0.319 e. The smallest absolute Gasteiger partial charge is 0.319 e. The minimum absolute atomic E-state index is 0.0938. The van der Waals surface area contributed by atoms with E-state index < -0.39 is 20.5 Å². The third kappa shape index (κ3) is 7.58. The first-order valence-corrected chi connectivity index (χ1v) is 20.2. The normalized spacial score (nSPS) is 18.5. The van der Waals surface area contributed by atoms with E-state index in [0.717, 1.165) is 33.0 Å². The van der Waals surface area contributed by atoms with Gasteiger partial charge in [-0.1, -0.05) is 118 Å². The summed E-state index contributed by atoms with van der Waals surface area (Å²) in [6.07, 6.45) is -0.0126. The molecule has 2 aliphatic heterocycles. The van der Waals surface area contributed by atoms with Crippen molar-refractivity contribution < 1.29 is 18.8 Å². The standard InChI is InChI=1S/C40H48N4O4Si/c1-40(2,3)49(4,5)48-28-31-20-18-30(19-21-31)25-41-39(47)43-23-22-37(45)44-35(24-29-12-7-6-8-13-29)38(46)42(27-36(43)44)26-33-16-11-15-32-14-9-10-17-34(32)33/h6-21,35-36H,22-28H2,1-5H3,(H,41,47)/t35-,36?/m0/s1. The number of nitrogens with zero attached hydrogens (tertiary/aromatic N) is 3. The Hall–Kier alpha value is -4.47. The number of hydrogen-bond acceptors (Lipinski definition) is 4. The molecular weight excluding hydrogens is 629 g/mol. The molecule has 0 aromatic heterocycles. The summed E-state index contributed by atoms with van der Waals surface area (Å²) in [6, 6.07) is 31.3. The molecule has 0 bridgehead atoms. The molecule has 2 saturated heterocycles. The SMILES string of the molecule is CC(C)(C)[Si](C)(C)OCc1ccc(CNC(=O)N2CCC(=O)N3C2CN(Cc2cccc4ccccc24)C(=O)[C@@H]3Cc2ccccc2)cc1. The van der Waals surface area contributed by atoms with Crippen molar-refractivity contribution in [3.8, 4) is 0 Å². The van der Waals surface area contributed by atoms with Crippen molar-refractivity contribution in [3.05, 3.63) is 119 Å². The summed E-state index contributed by atoms with van der Waals surface area (Å²) in [4.78, 5) is 46.9. The van der Waals surface area contributed by atoms with Gasteiger partial charge in [0.15, 0.2) is 8.32 Å². The van der Waals surface area contributed by atoms with E-state index in [9.17, 15) is 14.4 Å². The number of nitrogens with one attached hydrogen (secondary N) is 1. The van der Waals surface area contributed by atoms with E-state index in [0.29, 0.717) is 32.7 Å². The van der Waals surface area contributed by atoms with Crippen molar-refractivity contribution in [2.45, 2.75) is 83.6 Å². The van der Waals surface area contributed by atoms with Crippen LogP contribution in [0.4, 0.5) is 4.79 Å². The first kappa shape index (κ1) is 34.4. The topological polar surface area (TPSA) is 82.2 Å². The van der Waals surface area contributed by atoms with Crippen LogP contribution in [0, 0.1) is 0 Å². The molecule has 1 N–H and O–H groups in total. The van der Waals surface area contributed by atoms with Gasteiger partial charge < -0.3 is 24.4 Å². The molecule has 1 unspecified atom stereocenters. The van der Waals surface area contributed by atoms with Crippen LogP contribution < -0.4 is 5.32 Å². The number of fused-ring (bicyclic) bond motifs is 2. The zero-order chi connectivity index (χ0) is 34.8. The summed E-state index contributed by atoms with van der Waals surface area (Å²) >= 11 is 0. The van der Waals surface area contributed by atoms with Crippen LogP contribution in [0.5, 0.6) is 0 Å². The van der Waals surface area contributed by atoms with Crippen LogP contribution in [0.15, 0.2) is 97.1 Å². The summed E-state index contributed by atoms with van der Waals surface area (Å²) in [5, 5.41) is 5.44. The highest BCUT2D eigenvalue weighted by Gasteiger charge is 2.48. The summed E-state index contributed by atoms with van der Waals surface area (Å²) < 4.78 is 6.38. The Bertz CT molecular complexity index is 1800. The van der Waals surface area contributed by atoms with Crippen LogP contribution in [-0.2, 0) is 40.1 Å². The van der Waals surface area contributed by atoms with Gasteiger partial charge in [0.05, 0.1) is 13.2 Å². The Kier molecular flexibility index (Phi) is 9.95. The van der Waals surface area contributed by atoms with Gasteiger partial charge in [0, 0.05) is 32.5 Å². The fourth-order valence-corrected chi connectivity index (χ4v) is 7.51. The van der Waals surface area contributed by atoms with Crippen molar-refractivity contribution in [2.75, 3.05) is 13.1 Å². The lowest BCUT2D eigenvalue weighted by Crippen LogP contribution is -2.72. The van der Waals surface area contributed by atoms with Crippen LogP contribution in [0.3, 0.4) is 0 Å². The number of amides is 4. The first-order chi connectivity index (χ1) is 23.4. The number of carbonyl (C=O) groups excluding carboxylic acids is 3. The van der Waals surface area contributed by atoms with Crippen molar-refractivity contribution in [3.63, 3.8) is 0 Å². The third-order valence-corrected chi connectivity index (χ3v) is 15.0. The van der Waals surface area contributed by atoms with E-state index >= 15 is 0 Å². The predicted octanol–water partition coefficient (Wildman–Crippen LogP) is 7.09.